The molecular weight excluding hydrogens is 402 g/mol. The minimum Gasteiger partial charge on any atom is -0.503 e. The normalized spacial score (nSPS) is 15.8. The number of Topliss-reactive ketones (excluding diaryl/α,β-unsaturated/α-hetero) is 1. The van der Waals surface area contributed by atoms with E-state index in [9.17, 15) is 14.7 Å². The fourth-order valence-corrected chi connectivity index (χ4v) is 4.05. The summed E-state index contributed by atoms with van der Waals surface area (Å²) in [6, 6.07) is 25.9. The Balaban J connectivity index is 1.66. The number of ether oxygens (including phenoxy) is 1. The highest BCUT2D eigenvalue weighted by Gasteiger charge is 2.43. The fourth-order valence-electron chi connectivity index (χ4n) is 4.05. The van der Waals surface area contributed by atoms with E-state index in [2.05, 4.69) is 0 Å². The van der Waals surface area contributed by atoms with Crippen molar-refractivity contribution in [2.45, 2.75) is 25.4 Å². The highest BCUT2D eigenvalue weighted by atomic mass is 16.5. The molecule has 162 valence electrons. The highest BCUT2D eigenvalue weighted by Crippen LogP contribution is 2.39. The van der Waals surface area contributed by atoms with Gasteiger partial charge in [-0.05, 0) is 35.2 Å². The number of aryl methyl sites for hydroxylation is 1. The van der Waals surface area contributed by atoms with Gasteiger partial charge in [0, 0.05) is 13.0 Å². The van der Waals surface area contributed by atoms with E-state index >= 15 is 0 Å². The maximum atomic E-state index is 13.3. The van der Waals surface area contributed by atoms with Crippen molar-refractivity contribution in [3.8, 4) is 5.75 Å². The summed E-state index contributed by atoms with van der Waals surface area (Å²) < 4.78 is 5.25. The summed E-state index contributed by atoms with van der Waals surface area (Å²) in [5.74, 6) is -0.536. The van der Waals surface area contributed by atoms with Crippen LogP contribution in [-0.4, -0.2) is 28.8 Å². The average molecular weight is 428 g/mol. The molecule has 0 aromatic heterocycles. The lowest BCUT2D eigenvalue weighted by molar-refractivity contribution is -0.130. The van der Waals surface area contributed by atoms with Crippen molar-refractivity contribution in [1.29, 1.82) is 0 Å². The molecule has 5 heteroatoms. The second-order valence-electron chi connectivity index (χ2n) is 7.77. The van der Waals surface area contributed by atoms with E-state index in [1.54, 1.807) is 24.1 Å². The van der Waals surface area contributed by atoms with Crippen molar-refractivity contribution in [2.24, 2.45) is 0 Å². The Hall–Kier alpha value is -3.86. The van der Waals surface area contributed by atoms with Crippen LogP contribution in [0.15, 0.2) is 96.3 Å². The maximum absolute atomic E-state index is 13.3. The fraction of sp³-hybridized carbons (Fsp3) is 0.185. The van der Waals surface area contributed by atoms with Crippen molar-refractivity contribution in [1.82, 2.24) is 4.90 Å². The van der Waals surface area contributed by atoms with Crippen LogP contribution >= 0.6 is 0 Å². The van der Waals surface area contributed by atoms with E-state index in [0.717, 1.165) is 16.7 Å². The number of methoxy groups -OCH3 is 1. The predicted octanol–water partition coefficient (Wildman–Crippen LogP) is 4.79. The van der Waals surface area contributed by atoms with Crippen LogP contribution in [0.2, 0.25) is 0 Å². The van der Waals surface area contributed by atoms with Crippen LogP contribution in [-0.2, 0) is 22.6 Å². The lowest BCUT2D eigenvalue weighted by Gasteiger charge is -2.27. The third-order valence-electron chi connectivity index (χ3n) is 5.71. The van der Waals surface area contributed by atoms with Crippen LogP contribution in [0.25, 0.3) is 0 Å². The molecule has 0 aliphatic carbocycles. The van der Waals surface area contributed by atoms with Crippen molar-refractivity contribution < 1.29 is 19.4 Å². The Kier molecular flexibility index (Phi) is 6.36. The number of ketones is 1. The Morgan fingerprint density at radius 2 is 1.50 bits per heavy atom. The quantitative estimate of drug-likeness (QED) is 0.561. The Morgan fingerprint density at radius 1 is 0.906 bits per heavy atom. The van der Waals surface area contributed by atoms with Gasteiger partial charge in [0.05, 0.1) is 18.7 Å². The molecule has 0 saturated heterocycles. The Morgan fingerprint density at radius 3 is 2.09 bits per heavy atom. The molecule has 3 aromatic rings. The third-order valence-corrected chi connectivity index (χ3v) is 5.71. The van der Waals surface area contributed by atoms with Crippen molar-refractivity contribution in [3.05, 3.63) is 113 Å². The van der Waals surface area contributed by atoms with Gasteiger partial charge >= 0.3 is 0 Å². The summed E-state index contributed by atoms with van der Waals surface area (Å²) in [7, 11) is 1.58. The van der Waals surface area contributed by atoms with E-state index < -0.39 is 17.7 Å². The van der Waals surface area contributed by atoms with Gasteiger partial charge in [0.25, 0.3) is 5.91 Å². The number of carbonyl (C=O) groups excluding carboxylic acids is 2. The lowest BCUT2D eigenvalue weighted by atomic mass is 9.93. The number of amides is 1. The first kappa shape index (κ1) is 21.4. The van der Waals surface area contributed by atoms with Gasteiger partial charge in [0.1, 0.15) is 5.75 Å². The number of hydrogen-bond acceptors (Lipinski definition) is 4. The van der Waals surface area contributed by atoms with E-state index in [1.807, 2.05) is 72.8 Å². The number of rotatable bonds is 8. The molecule has 1 heterocycles. The molecule has 1 amide bonds. The minimum absolute atomic E-state index is 0.159. The summed E-state index contributed by atoms with van der Waals surface area (Å²) in [4.78, 5) is 27.9. The summed E-state index contributed by atoms with van der Waals surface area (Å²) in [6.07, 6.45) is 0.751. The minimum atomic E-state index is -0.656. The molecule has 0 saturated carbocycles. The molecule has 0 bridgehead atoms. The smallest absolute Gasteiger partial charge is 0.290 e. The van der Waals surface area contributed by atoms with Gasteiger partial charge in [-0.1, -0.05) is 72.8 Å². The van der Waals surface area contributed by atoms with E-state index in [-0.39, 0.29) is 24.3 Å². The Bertz CT molecular complexity index is 1120. The molecule has 1 aliphatic heterocycles. The number of benzene rings is 3. The summed E-state index contributed by atoms with van der Waals surface area (Å²) >= 11 is 0. The first-order valence-electron chi connectivity index (χ1n) is 10.6. The van der Waals surface area contributed by atoms with Crippen molar-refractivity contribution >= 4 is 11.7 Å². The van der Waals surface area contributed by atoms with Crippen LogP contribution in [0.1, 0.15) is 29.2 Å². The molecule has 32 heavy (non-hydrogen) atoms. The standard InChI is InChI=1S/C27H25NO4/c1-32-22-15-13-21(14-16-22)25-24(23(29)17-12-19-8-4-2-5-9-19)26(30)27(31)28(25)18-20-10-6-3-7-11-20/h2-11,13-16,25,30H,12,17-18H2,1H3. The third kappa shape index (κ3) is 4.42. The van der Waals surface area contributed by atoms with Crippen molar-refractivity contribution in [3.63, 3.8) is 0 Å². The number of aliphatic hydroxyl groups is 1. The topological polar surface area (TPSA) is 66.8 Å². The molecule has 3 aromatic carbocycles. The van der Waals surface area contributed by atoms with Crippen LogP contribution in [0.3, 0.4) is 0 Å². The molecule has 4 rings (SSSR count). The van der Waals surface area contributed by atoms with E-state index in [4.69, 9.17) is 4.74 Å². The van der Waals surface area contributed by atoms with Gasteiger partial charge in [-0.2, -0.15) is 0 Å². The number of aliphatic hydroxyl groups excluding tert-OH is 1. The largest absolute Gasteiger partial charge is 0.503 e. The zero-order chi connectivity index (χ0) is 22.5. The first-order chi connectivity index (χ1) is 15.6. The molecule has 0 fully saturated rings. The summed E-state index contributed by atoms with van der Waals surface area (Å²) in [6.45, 7) is 0.288. The van der Waals surface area contributed by atoms with Gasteiger partial charge in [-0.25, -0.2) is 0 Å². The molecule has 0 radical (unpaired) electrons. The SMILES string of the molecule is COc1ccc(C2C(C(=O)CCc3ccccc3)=C(O)C(=O)N2Cc2ccccc2)cc1. The molecule has 5 nitrogen and oxygen atoms in total. The van der Waals surface area contributed by atoms with Gasteiger partial charge in [-0.15, -0.1) is 0 Å². The first-order valence-corrected chi connectivity index (χ1v) is 10.6. The average Bonchev–Trinajstić information content (AvgIpc) is 3.09. The van der Waals surface area contributed by atoms with Gasteiger partial charge in [0.15, 0.2) is 11.5 Å². The predicted molar refractivity (Wildman–Crippen MR) is 122 cm³/mol. The number of carbonyl (C=O) groups is 2. The molecule has 1 aliphatic rings. The number of nitrogens with zero attached hydrogens (tertiary/aromatic N) is 1. The van der Waals surface area contributed by atoms with E-state index in [0.29, 0.717) is 12.2 Å². The molecule has 1 unspecified atom stereocenters. The van der Waals surface area contributed by atoms with Crippen LogP contribution in [0, 0.1) is 0 Å². The van der Waals surface area contributed by atoms with Gasteiger partial charge < -0.3 is 14.7 Å². The zero-order valence-electron chi connectivity index (χ0n) is 17.9. The number of hydrogen-bond donors (Lipinski definition) is 1. The monoisotopic (exact) mass is 427 g/mol. The lowest BCUT2D eigenvalue weighted by Crippen LogP contribution is -2.30. The van der Waals surface area contributed by atoms with Crippen LogP contribution in [0.4, 0.5) is 0 Å². The van der Waals surface area contributed by atoms with Crippen LogP contribution < -0.4 is 4.74 Å². The molecular formula is C27H25NO4. The molecule has 0 spiro atoms. The molecule has 1 N–H and O–H groups in total. The zero-order valence-corrected chi connectivity index (χ0v) is 17.9. The Labute approximate surface area is 187 Å². The summed E-state index contributed by atoms with van der Waals surface area (Å²) in [5.41, 5.74) is 2.87. The van der Waals surface area contributed by atoms with Crippen molar-refractivity contribution in [2.75, 3.05) is 7.11 Å². The highest BCUT2D eigenvalue weighted by molar-refractivity contribution is 6.09. The maximum Gasteiger partial charge on any atom is 0.290 e. The van der Waals surface area contributed by atoms with E-state index in [1.165, 1.54) is 0 Å². The summed E-state index contributed by atoms with van der Waals surface area (Å²) in [5, 5.41) is 10.7. The van der Waals surface area contributed by atoms with Gasteiger partial charge in [-0.3, -0.25) is 9.59 Å². The molecule has 1 atom stereocenters. The van der Waals surface area contributed by atoms with Crippen LogP contribution in [0.5, 0.6) is 5.75 Å². The van der Waals surface area contributed by atoms with Gasteiger partial charge in [0.2, 0.25) is 0 Å². The second-order valence-corrected chi connectivity index (χ2v) is 7.77. The second kappa shape index (κ2) is 9.52.